The lowest BCUT2D eigenvalue weighted by atomic mass is 9.79. The van der Waals surface area contributed by atoms with Crippen LogP contribution in [0.3, 0.4) is 0 Å². The van der Waals surface area contributed by atoms with Crippen LogP contribution < -0.4 is 4.90 Å². The Morgan fingerprint density at radius 2 is 1.93 bits per heavy atom. The van der Waals surface area contributed by atoms with Gasteiger partial charge in [-0.2, -0.15) is 5.10 Å². The summed E-state index contributed by atoms with van der Waals surface area (Å²) in [6.07, 6.45) is 4.25. The van der Waals surface area contributed by atoms with E-state index < -0.39 is 0 Å². The predicted molar refractivity (Wildman–Crippen MR) is 113 cm³/mol. The fraction of sp³-hybridized carbons (Fsp3) is 0.455. The van der Waals surface area contributed by atoms with Crippen LogP contribution in [0.1, 0.15) is 29.4 Å². The van der Waals surface area contributed by atoms with E-state index in [1.165, 1.54) is 10.9 Å². The van der Waals surface area contributed by atoms with Crippen molar-refractivity contribution >= 4 is 22.8 Å². The Morgan fingerprint density at radius 1 is 1.17 bits per heavy atom. The number of carbonyl (C=O) groups excluding carboxylic acids is 1. The first kappa shape index (κ1) is 19.0. The van der Waals surface area contributed by atoms with Crippen LogP contribution in [0.4, 0.5) is 5.95 Å². The van der Waals surface area contributed by atoms with E-state index in [0.717, 1.165) is 44.8 Å². The minimum absolute atomic E-state index is 0.299. The highest BCUT2D eigenvalue weighted by Gasteiger charge is 2.48. The summed E-state index contributed by atoms with van der Waals surface area (Å²) in [5.41, 5.74) is 3.02. The van der Waals surface area contributed by atoms with Gasteiger partial charge in [-0.3, -0.25) is 9.58 Å². The van der Waals surface area contributed by atoms with Crippen LogP contribution in [0.2, 0.25) is 0 Å². The molecule has 2 aromatic heterocycles. The summed E-state index contributed by atoms with van der Waals surface area (Å²) in [5, 5.41) is 5.97. The molecule has 0 amide bonds. The maximum atomic E-state index is 11.8. The minimum atomic E-state index is -0.376. The second-order valence-electron chi connectivity index (χ2n) is 8.40. The molecule has 3 aromatic rings. The summed E-state index contributed by atoms with van der Waals surface area (Å²) in [7, 11) is 2.01. The lowest BCUT2D eigenvalue weighted by Gasteiger charge is -2.47. The van der Waals surface area contributed by atoms with Gasteiger partial charge in [0.05, 0.1) is 23.4 Å². The van der Waals surface area contributed by atoms with Crippen molar-refractivity contribution in [2.75, 3.05) is 37.7 Å². The van der Waals surface area contributed by atoms with Gasteiger partial charge in [0.1, 0.15) is 0 Å². The van der Waals surface area contributed by atoms with Crippen molar-refractivity contribution < 1.29 is 9.53 Å². The molecule has 30 heavy (non-hydrogen) atoms. The molecule has 8 heteroatoms. The summed E-state index contributed by atoms with van der Waals surface area (Å²) in [6, 6.07) is 8.40. The SMILES string of the molecule is CCOC(=O)c1cnc(N2CCC3(CN(Cc4nn(C)c5ccccc45)C3)C2)nc1. The molecule has 1 aromatic carbocycles. The number of anilines is 1. The van der Waals surface area contributed by atoms with Gasteiger partial charge in [-0.05, 0) is 19.4 Å². The van der Waals surface area contributed by atoms with Crippen LogP contribution in [0.5, 0.6) is 0 Å². The number of hydrogen-bond donors (Lipinski definition) is 0. The quantitative estimate of drug-likeness (QED) is 0.602. The van der Waals surface area contributed by atoms with Crippen LogP contribution in [-0.4, -0.2) is 63.4 Å². The number of rotatable bonds is 5. The molecule has 2 fully saturated rings. The number of ether oxygens (including phenoxy) is 1. The Labute approximate surface area is 175 Å². The molecule has 0 radical (unpaired) electrons. The molecule has 0 N–H and O–H groups in total. The summed E-state index contributed by atoms with van der Waals surface area (Å²) in [5.74, 6) is 0.313. The van der Waals surface area contributed by atoms with Gasteiger partial charge in [-0.25, -0.2) is 14.8 Å². The van der Waals surface area contributed by atoms with Gasteiger partial charge in [0.2, 0.25) is 5.95 Å². The van der Waals surface area contributed by atoms with E-state index in [4.69, 9.17) is 9.84 Å². The van der Waals surface area contributed by atoms with E-state index >= 15 is 0 Å². The first-order valence-electron chi connectivity index (χ1n) is 10.4. The number of aryl methyl sites for hydroxylation is 1. The largest absolute Gasteiger partial charge is 0.462 e. The summed E-state index contributed by atoms with van der Waals surface area (Å²) < 4.78 is 6.96. The molecule has 2 saturated heterocycles. The highest BCUT2D eigenvalue weighted by atomic mass is 16.5. The predicted octanol–water partition coefficient (Wildman–Crippen LogP) is 2.25. The van der Waals surface area contributed by atoms with Gasteiger partial charge in [-0.15, -0.1) is 0 Å². The Bertz CT molecular complexity index is 1070. The normalized spacial score (nSPS) is 18.1. The maximum absolute atomic E-state index is 11.8. The number of aromatic nitrogens is 4. The van der Waals surface area contributed by atoms with Crippen molar-refractivity contribution in [3.05, 3.63) is 47.9 Å². The van der Waals surface area contributed by atoms with Gasteiger partial charge >= 0.3 is 5.97 Å². The molecule has 2 aliphatic heterocycles. The third-order valence-electron chi connectivity index (χ3n) is 6.20. The van der Waals surface area contributed by atoms with Crippen LogP contribution in [0.25, 0.3) is 10.9 Å². The fourth-order valence-corrected chi connectivity index (χ4v) is 4.80. The van der Waals surface area contributed by atoms with Crippen molar-refractivity contribution in [2.45, 2.75) is 19.9 Å². The van der Waals surface area contributed by atoms with Crippen LogP contribution in [-0.2, 0) is 18.3 Å². The van der Waals surface area contributed by atoms with Gasteiger partial charge in [0.15, 0.2) is 0 Å². The average molecular weight is 406 g/mol. The van der Waals surface area contributed by atoms with Gasteiger partial charge in [0, 0.05) is 63.0 Å². The zero-order valence-corrected chi connectivity index (χ0v) is 17.4. The summed E-state index contributed by atoms with van der Waals surface area (Å²) in [6.45, 7) is 7.04. The lowest BCUT2D eigenvalue weighted by molar-refractivity contribution is 0.0109. The van der Waals surface area contributed by atoms with Crippen molar-refractivity contribution in [1.29, 1.82) is 0 Å². The molecule has 1 spiro atoms. The molecule has 8 nitrogen and oxygen atoms in total. The second-order valence-corrected chi connectivity index (χ2v) is 8.40. The molecule has 0 aliphatic carbocycles. The number of hydrogen-bond acceptors (Lipinski definition) is 7. The van der Waals surface area contributed by atoms with Crippen LogP contribution >= 0.6 is 0 Å². The molecule has 0 unspecified atom stereocenters. The Kier molecular flexibility index (Phi) is 4.66. The first-order valence-corrected chi connectivity index (χ1v) is 10.4. The van der Waals surface area contributed by atoms with Crippen molar-refractivity contribution in [2.24, 2.45) is 12.5 Å². The van der Waals surface area contributed by atoms with E-state index in [9.17, 15) is 4.79 Å². The van der Waals surface area contributed by atoms with Gasteiger partial charge in [0.25, 0.3) is 0 Å². The van der Waals surface area contributed by atoms with E-state index in [1.54, 1.807) is 19.3 Å². The van der Waals surface area contributed by atoms with E-state index in [2.05, 4.69) is 44.0 Å². The molecule has 4 heterocycles. The van der Waals surface area contributed by atoms with E-state index in [0.29, 0.717) is 23.5 Å². The first-order chi connectivity index (χ1) is 14.6. The van der Waals surface area contributed by atoms with Crippen LogP contribution in [0.15, 0.2) is 36.7 Å². The third kappa shape index (κ3) is 3.31. The molecule has 2 aliphatic rings. The Hall–Kier alpha value is -3.00. The highest BCUT2D eigenvalue weighted by molar-refractivity contribution is 5.88. The zero-order chi connectivity index (χ0) is 20.7. The van der Waals surface area contributed by atoms with Gasteiger partial charge in [-0.1, -0.05) is 18.2 Å². The number of fused-ring (bicyclic) bond motifs is 1. The lowest BCUT2D eigenvalue weighted by Crippen LogP contribution is -2.57. The minimum Gasteiger partial charge on any atom is -0.462 e. The average Bonchev–Trinajstić information content (AvgIpc) is 3.31. The third-order valence-corrected chi connectivity index (χ3v) is 6.20. The number of carbonyl (C=O) groups is 1. The molecule has 0 atom stereocenters. The summed E-state index contributed by atoms with van der Waals surface area (Å²) >= 11 is 0. The molecular formula is C22H26N6O2. The number of likely N-dealkylation sites (tertiary alicyclic amines) is 1. The van der Waals surface area contributed by atoms with Gasteiger partial charge < -0.3 is 9.64 Å². The summed E-state index contributed by atoms with van der Waals surface area (Å²) in [4.78, 5) is 25.3. The number of nitrogens with zero attached hydrogens (tertiary/aromatic N) is 6. The van der Waals surface area contributed by atoms with Crippen molar-refractivity contribution in [3.8, 4) is 0 Å². The maximum Gasteiger partial charge on any atom is 0.341 e. The smallest absolute Gasteiger partial charge is 0.341 e. The second kappa shape index (κ2) is 7.36. The van der Waals surface area contributed by atoms with E-state index in [1.807, 2.05) is 11.7 Å². The number of esters is 1. The molecular weight excluding hydrogens is 380 g/mol. The monoisotopic (exact) mass is 406 g/mol. The van der Waals surface area contributed by atoms with Crippen molar-refractivity contribution in [1.82, 2.24) is 24.6 Å². The zero-order valence-electron chi connectivity index (χ0n) is 17.4. The topological polar surface area (TPSA) is 76.4 Å². The van der Waals surface area contributed by atoms with Crippen LogP contribution in [0, 0.1) is 5.41 Å². The fourth-order valence-electron chi connectivity index (χ4n) is 4.80. The Morgan fingerprint density at radius 3 is 2.70 bits per heavy atom. The molecule has 156 valence electrons. The number of para-hydroxylation sites is 1. The van der Waals surface area contributed by atoms with E-state index in [-0.39, 0.29) is 5.97 Å². The highest BCUT2D eigenvalue weighted by Crippen LogP contribution is 2.41. The van der Waals surface area contributed by atoms with Crippen molar-refractivity contribution in [3.63, 3.8) is 0 Å². The number of benzene rings is 1. The standard InChI is InChI=1S/C22H26N6O2/c1-3-30-20(29)16-10-23-21(24-11-16)28-9-8-22(15-28)13-27(14-22)12-18-17-6-4-5-7-19(17)26(2)25-18/h4-7,10-11H,3,8-9,12-15H2,1-2H3. The molecule has 5 rings (SSSR count). The molecule has 0 bridgehead atoms. The molecule has 0 saturated carbocycles. The Balaban J connectivity index is 1.20.